The van der Waals surface area contributed by atoms with Gasteiger partial charge in [0.25, 0.3) is 11.8 Å². The van der Waals surface area contributed by atoms with Crippen LogP contribution in [0, 0.1) is 5.82 Å². The van der Waals surface area contributed by atoms with Crippen LogP contribution in [0.5, 0.6) is 11.5 Å². The lowest BCUT2D eigenvalue weighted by atomic mass is 10.1. The topological polar surface area (TPSA) is 84.9 Å². The van der Waals surface area contributed by atoms with Gasteiger partial charge in [-0.1, -0.05) is 46.9 Å². The number of rotatable bonds is 7. The molecular formula is C26H18Cl3FN2O5. The number of nitrogens with zero attached hydrogens (tertiary/aromatic N) is 1. The number of urea groups is 1. The molecule has 0 saturated carbocycles. The second-order valence-corrected chi connectivity index (χ2v) is 8.96. The fraction of sp³-hybridized carbons (Fsp3) is 0.115. The number of imide groups is 2. The van der Waals surface area contributed by atoms with Crippen molar-refractivity contribution < 1.29 is 28.2 Å². The summed E-state index contributed by atoms with van der Waals surface area (Å²) >= 11 is 18.4. The van der Waals surface area contributed by atoms with Crippen LogP contribution in [0.2, 0.25) is 15.1 Å². The van der Waals surface area contributed by atoms with Gasteiger partial charge in [-0.3, -0.25) is 14.9 Å². The molecule has 0 unspecified atom stereocenters. The zero-order valence-electron chi connectivity index (χ0n) is 19.2. The highest BCUT2D eigenvalue weighted by molar-refractivity contribution is 6.43. The quantitative estimate of drug-likeness (QED) is 0.265. The summed E-state index contributed by atoms with van der Waals surface area (Å²) in [5.41, 5.74) is 0.733. The van der Waals surface area contributed by atoms with E-state index in [4.69, 9.17) is 44.3 Å². The van der Waals surface area contributed by atoms with Gasteiger partial charge in [0.05, 0.1) is 27.4 Å². The Hall–Kier alpha value is -3.59. The number of benzene rings is 3. The number of hydrogen-bond donors (Lipinski definition) is 1. The van der Waals surface area contributed by atoms with E-state index in [-0.39, 0.29) is 51.0 Å². The zero-order valence-corrected chi connectivity index (χ0v) is 21.5. The summed E-state index contributed by atoms with van der Waals surface area (Å²) in [6.45, 7) is 2.06. The first-order chi connectivity index (χ1) is 17.7. The Morgan fingerprint density at radius 2 is 1.73 bits per heavy atom. The van der Waals surface area contributed by atoms with Gasteiger partial charge in [0.2, 0.25) is 0 Å². The van der Waals surface area contributed by atoms with Crippen LogP contribution in [0.3, 0.4) is 0 Å². The zero-order chi connectivity index (χ0) is 26.7. The highest BCUT2D eigenvalue weighted by atomic mass is 35.5. The Bertz CT molecular complexity index is 1440. The van der Waals surface area contributed by atoms with Crippen molar-refractivity contribution in [3.63, 3.8) is 0 Å². The van der Waals surface area contributed by atoms with E-state index in [9.17, 15) is 18.8 Å². The van der Waals surface area contributed by atoms with E-state index < -0.39 is 23.7 Å². The summed E-state index contributed by atoms with van der Waals surface area (Å²) in [5, 5.41) is 2.63. The van der Waals surface area contributed by atoms with Crippen molar-refractivity contribution in [1.29, 1.82) is 0 Å². The lowest BCUT2D eigenvalue weighted by Gasteiger charge is -2.26. The molecule has 3 aromatic carbocycles. The van der Waals surface area contributed by atoms with Crippen molar-refractivity contribution in [2.24, 2.45) is 0 Å². The van der Waals surface area contributed by atoms with E-state index >= 15 is 0 Å². The molecule has 1 aliphatic rings. The molecule has 0 radical (unpaired) electrons. The molecule has 7 nitrogen and oxygen atoms in total. The molecule has 1 N–H and O–H groups in total. The molecule has 0 aliphatic carbocycles. The Morgan fingerprint density at radius 3 is 2.43 bits per heavy atom. The molecule has 1 saturated heterocycles. The molecule has 0 aromatic heterocycles. The van der Waals surface area contributed by atoms with Gasteiger partial charge in [0.1, 0.15) is 18.0 Å². The SMILES string of the molecule is CCOc1cc(/C=C2\C(=O)NC(=O)N(c3ccc(Cl)c(Cl)c3)C2=O)cc(Cl)c1OCc1cccc(F)c1. The third-order valence-corrected chi connectivity index (χ3v) is 6.20. The molecule has 1 aliphatic heterocycles. The normalized spacial score (nSPS) is 14.7. The van der Waals surface area contributed by atoms with E-state index in [1.165, 1.54) is 48.5 Å². The molecule has 3 aromatic rings. The van der Waals surface area contributed by atoms with Gasteiger partial charge in [0, 0.05) is 0 Å². The smallest absolute Gasteiger partial charge is 0.335 e. The maximum absolute atomic E-state index is 13.5. The summed E-state index contributed by atoms with van der Waals surface area (Å²) in [6, 6.07) is 12.2. The molecular weight excluding hydrogens is 546 g/mol. The number of ether oxygens (including phenoxy) is 2. The van der Waals surface area contributed by atoms with E-state index in [0.717, 1.165) is 4.90 Å². The van der Waals surface area contributed by atoms with Crippen LogP contribution < -0.4 is 19.7 Å². The molecule has 1 fully saturated rings. The summed E-state index contributed by atoms with van der Waals surface area (Å²) in [5.74, 6) is -1.69. The lowest BCUT2D eigenvalue weighted by Crippen LogP contribution is -2.54. The first-order valence-corrected chi connectivity index (χ1v) is 12.0. The number of halogens is 4. The fourth-order valence-corrected chi connectivity index (χ4v) is 4.11. The summed E-state index contributed by atoms with van der Waals surface area (Å²) < 4.78 is 24.9. The average molecular weight is 564 g/mol. The first kappa shape index (κ1) is 26.5. The second-order valence-electron chi connectivity index (χ2n) is 7.74. The predicted molar refractivity (Wildman–Crippen MR) is 139 cm³/mol. The number of carbonyl (C=O) groups excluding carboxylic acids is 3. The predicted octanol–water partition coefficient (Wildman–Crippen LogP) is 6.43. The number of carbonyl (C=O) groups is 3. The average Bonchev–Trinajstić information content (AvgIpc) is 2.83. The Labute approximate surface area is 226 Å². The molecule has 0 bridgehead atoms. The maximum Gasteiger partial charge on any atom is 0.335 e. The van der Waals surface area contributed by atoms with Crippen LogP contribution in [0.1, 0.15) is 18.1 Å². The van der Waals surface area contributed by atoms with E-state index in [0.29, 0.717) is 11.1 Å². The van der Waals surface area contributed by atoms with E-state index in [1.807, 2.05) is 0 Å². The summed E-state index contributed by atoms with van der Waals surface area (Å²) in [4.78, 5) is 39.0. The maximum atomic E-state index is 13.5. The van der Waals surface area contributed by atoms with Crippen LogP contribution in [-0.2, 0) is 16.2 Å². The number of amides is 4. The first-order valence-electron chi connectivity index (χ1n) is 10.9. The van der Waals surface area contributed by atoms with Crippen LogP contribution in [-0.4, -0.2) is 24.5 Å². The Balaban J connectivity index is 1.67. The lowest BCUT2D eigenvalue weighted by molar-refractivity contribution is -0.122. The number of nitrogens with one attached hydrogen (secondary N) is 1. The molecule has 1 heterocycles. The van der Waals surface area contributed by atoms with Gasteiger partial charge in [-0.15, -0.1) is 0 Å². The summed E-state index contributed by atoms with van der Waals surface area (Å²) in [6.07, 6.45) is 1.28. The molecule has 4 amide bonds. The van der Waals surface area contributed by atoms with Crippen molar-refractivity contribution in [3.8, 4) is 11.5 Å². The van der Waals surface area contributed by atoms with Crippen LogP contribution >= 0.6 is 34.8 Å². The highest BCUT2D eigenvalue weighted by Crippen LogP contribution is 2.38. The van der Waals surface area contributed by atoms with Crippen molar-refractivity contribution >= 4 is 64.4 Å². The molecule has 0 atom stereocenters. The molecule has 37 heavy (non-hydrogen) atoms. The summed E-state index contributed by atoms with van der Waals surface area (Å²) in [7, 11) is 0. The largest absolute Gasteiger partial charge is 0.490 e. The van der Waals surface area contributed by atoms with Gasteiger partial charge < -0.3 is 9.47 Å². The van der Waals surface area contributed by atoms with Crippen molar-refractivity contribution in [3.05, 3.63) is 92.2 Å². The van der Waals surface area contributed by atoms with Crippen LogP contribution in [0.4, 0.5) is 14.9 Å². The number of anilines is 1. The molecule has 0 spiro atoms. The van der Waals surface area contributed by atoms with Crippen LogP contribution in [0.15, 0.2) is 60.2 Å². The van der Waals surface area contributed by atoms with Gasteiger partial charge in [-0.05, 0) is 66.6 Å². The number of barbiturate groups is 1. The molecule has 11 heteroatoms. The van der Waals surface area contributed by atoms with Gasteiger partial charge in [-0.25, -0.2) is 14.1 Å². The minimum absolute atomic E-state index is 0.0274. The fourth-order valence-electron chi connectivity index (χ4n) is 3.54. The number of hydrogen-bond acceptors (Lipinski definition) is 5. The van der Waals surface area contributed by atoms with Crippen molar-refractivity contribution in [1.82, 2.24) is 5.32 Å². The van der Waals surface area contributed by atoms with Gasteiger partial charge in [-0.2, -0.15) is 0 Å². The second kappa shape index (κ2) is 11.2. The third-order valence-electron chi connectivity index (χ3n) is 5.18. The standard InChI is InChI=1S/C26H18Cl3FN2O5/c1-2-36-22-11-15(10-21(29)23(22)37-13-14-4-3-5-16(30)8-14)9-18-24(33)31-26(35)32(25(18)34)17-6-7-19(27)20(28)12-17/h3-12H,2,13H2,1H3,(H,31,33,35)/b18-9+. The minimum atomic E-state index is -0.931. The minimum Gasteiger partial charge on any atom is -0.490 e. The molecule has 190 valence electrons. The van der Waals surface area contributed by atoms with Crippen molar-refractivity contribution in [2.45, 2.75) is 13.5 Å². The van der Waals surface area contributed by atoms with Gasteiger partial charge in [0.15, 0.2) is 11.5 Å². The highest BCUT2D eigenvalue weighted by Gasteiger charge is 2.37. The van der Waals surface area contributed by atoms with Crippen LogP contribution in [0.25, 0.3) is 6.08 Å². The third kappa shape index (κ3) is 5.88. The van der Waals surface area contributed by atoms with Crippen molar-refractivity contribution in [2.75, 3.05) is 11.5 Å². The van der Waals surface area contributed by atoms with E-state index in [2.05, 4.69) is 5.32 Å². The monoisotopic (exact) mass is 562 g/mol. The molecule has 4 rings (SSSR count). The van der Waals surface area contributed by atoms with E-state index in [1.54, 1.807) is 19.1 Å². The Kier molecular flexibility index (Phi) is 8.02. The Morgan fingerprint density at radius 1 is 0.946 bits per heavy atom. The van der Waals surface area contributed by atoms with Gasteiger partial charge >= 0.3 is 6.03 Å².